The standard InChI is InChI=1S/C9H6ClFN4O/c10-5-1-2-7(6(11)3-5)13-9(16)8-4-12-15-14-8/h1-4H,(H,13,16)(H,12,14,15). The van der Waals surface area contributed by atoms with Crippen molar-refractivity contribution in [2.24, 2.45) is 0 Å². The number of nitrogens with one attached hydrogen (secondary N) is 2. The van der Waals surface area contributed by atoms with E-state index in [9.17, 15) is 9.18 Å². The van der Waals surface area contributed by atoms with Gasteiger partial charge in [0, 0.05) is 5.02 Å². The predicted octanol–water partition coefficient (Wildman–Crippen LogP) is 1.85. The lowest BCUT2D eigenvalue weighted by molar-refractivity contribution is 0.102. The minimum absolute atomic E-state index is 0.0393. The zero-order valence-corrected chi connectivity index (χ0v) is 8.62. The lowest BCUT2D eigenvalue weighted by atomic mass is 10.3. The number of aromatic nitrogens is 3. The second kappa shape index (κ2) is 4.28. The predicted molar refractivity (Wildman–Crippen MR) is 55.7 cm³/mol. The average Bonchev–Trinajstić information content (AvgIpc) is 2.75. The van der Waals surface area contributed by atoms with Crippen LogP contribution >= 0.6 is 11.6 Å². The van der Waals surface area contributed by atoms with Gasteiger partial charge in [-0.1, -0.05) is 11.6 Å². The van der Waals surface area contributed by atoms with E-state index in [0.717, 1.165) is 6.07 Å². The van der Waals surface area contributed by atoms with Gasteiger partial charge in [0.2, 0.25) is 0 Å². The molecular formula is C9H6ClFN4O. The summed E-state index contributed by atoms with van der Waals surface area (Å²) in [4.78, 5) is 11.5. The Bertz CT molecular complexity index is 514. The first kappa shape index (κ1) is 10.6. The smallest absolute Gasteiger partial charge is 0.277 e. The molecule has 2 aromatic rings. The second-order valence-electron chi connectivity index (χ2n) is 2.93. The molecule has 0 saturated carbocycles. The van der Waals surface area contributed by atoms with Crippen molar-refractivity contribution in [2.75, 3.05) is 5.32 Å². The fourth-order valence-electron chi connectivity index (χ4n) is 1.09. The number of aromatic amines is 1. The van der Waals surface area contributed by atoms with Gasteiger partial charge >= 0.3 is 0 Å². The molecule has 16 heavy (non-hydrogen) atoms. The van der Waals surface area contributed by atoms with Crippen LogP contribution in [0.2, 0.25) is 5.02 Å². The molecule has 0 aliphatic rings. The van der Waals surface area contributed by atoms with Gasteiger partial charge in [-0.25, -0.2) is 4.39 Å². The molecule has 0 fully saturated rings. The topological polar surface area (TPSA) is 70.7 Å². The molecule has 0 aliphatic carbocycles. The largest absolute Gasteiger partial charge is 0.318 e. The normalized spacial score (nSPS) is 10.1. The highest BCUT2D eigenvalue weighted by atomic mass is 35.5. The van der Waals surface area contributed by atoms with Crippen molar-refractivity contribution in [1.29, 1.82) is 0 Å². The molecule has 5 nitrogen and oxygen atoms in total. The van der Waals surface area contributed by atoms with E-state index in [0.29, 0.717) is 0 Å². The minimum Gasteiger partial charge on any atom is -0.318 e. The molecule has 0 saturated heterocycles. The summed E-state index contributed by atoms with van der Waals surface area (Å²) in [5, 5.41) is 11.9. The van der Waals surface area contributed by atoms with Crippen molar-refractivity contribution in [1.82, 2.24) is 15.4 Å². The lowest BCUT2D eigenvalue weighted by Gasteiger charge is -2.04. The highest BCUT2D eigenvalue weighted by molar-refractivity contribution is 6.30. The summed E-state index contributed by atoms with van der Waals surface area (Å²) in [6, 6.07) is 3.96. The van der Waals surface area contributed by atoms with Gasteiger partial charge in [-0.05, 0) is 18.2 Å². The maximum absolute atomic E-state index is 13.3. The Morgan fingerprint density at radius 3 is 2.94 bits per heavy atom. The zero-order valence-electron chi connectivity index (χ0n) is 7.87. The fraction of sp³-hybridized carbons (Fsp3) is 0. The van der Waals surface area contributed by atoms with Gasteiger partial charge in [-0.3, -0.25) is 4.79 Å². The van der Waals surface area contributed by atoms with Gasteiger partial charge in [0.25, 0.3) is 5.91 Å². The molecule has 0 atom stereocenters. The zero-order chi connectivity index (χ0) is 11.5. The van der Waals surface area contributed by atoms with Gasteiger partial charge < -0.3 is 5.32 Å². The van der Waals surface area contributed by atoms with Crippen LogP contribution in [0.4, 0.5) is 10.1 Å². The van der Waals surface area contributed by atoms with Crippen LogP contribution in [0, 0.1) is 5.82 Å². The molecule has 0 bridgehead atoms. The van der Waals surface area contributed by atoms with E-state index in [1.165, 1.54) is 18.3 Å². The van der Waals surface area contributed by atoms with Crippen molar-refractivity contribution >= 4 is 23.2 Å². The molecule has 2 N–H and O–H groups in total. The monoisotopic (exact) mass is 240 g/mol. The third kappa shape index (κ3) is 2.17. The van der Waals surface area contributed by atoms with Crippen LogP contribution in [0.15, 0.2) is 24.4 Å². The summed E-state index contributed by atoms with van der Waals surface area (Å²) in [7, 11) is 0. The molecular weight excluding hydrogens is 235 g/mol. The third-order valence-corrected chi connectivity index (χ3v) is 2.06. The highest BCUT2D eigenvalue weighted by Crippen LogP contribution is 2.19. The van der Waals surface area contributed by atoms with E-state index < -0.39 is 11.7 Å². The molecule has 0 radical (unpaired) electrons. The van der Waals surface area contributed by atoms with Crippen LogP contribution in [0.25, 0.3) is 0 Å². The number of hydrogen-bond donors (Lipinski definition) is 2. The lowest BCUT2D eigenvalue weighted by Crippen LogP contribution is -2.13. The molecule has 7 heteroatoms. The van der Waals surface area contributed by atoms with Crippen molar-refractivity contribution in [3.8, 4) is 0 Å². The summed E-state index contributed by atoms with van der Waals surface area (Å²) < 4.78 is 13.3. The molecule has 0 aliphatic heterocycles. The molecule has 1 aromatic carbocycles. The van der Waals surface area contributed by atoms with Crippen molar-refractivity contribution in [3.63, 3.8) is 0 Å². The van der Waals surface area contributed by atoms with E-state index in [-0.39, 0.29) is 16.4 Å². The number of nitrogens with zero attached hydrogens (tertiary/aromatic N) is 2. The summed E-state index contributed by atoms with van der Waals surface area (Å²) in [5.74, 6) is -1.15. The number of amides is 1. The first-order valence-corrected chi connectivity index (χ1v) is 4.67. The van der Waals surface area contributed by atoms with Crippen LogP contribution in [0.5, 0.6) is 0 Å². The van der Waals surface area contributed by atoms with Crippen molar-refractivity contribution in [3.05, 3.63) is 40.9 Å². The van der Waals surface area contributed by atoms with Crippen molar-refractivity contribution < 1.29 is 9.18 Å². The highest BCUT2D eigenvalue weighted by Gasteiger charge is 2.11. The second-order valence-corrected chi connectivity index (χ2v) is 3.37. The van der Waals surface area contributed by atoms with E-state index >= 15 is 0 Å². The molecule has 82 valence electrons. The Balaban J connectivity index is 2.18. The van der Waals surface area contributed by atoms with Gasteiger partial charge in [0.15, 0.2) is 5.69 Å². The third-order valence-electron chi connectivity index (χ3n) is 1.83. The molecule has 0 unspecified atom stereocenters. The first-order chi connectivity index (χ1) is 7.66. The van der Waals surface area contributed by atoms with E-state index in [4.69, 9.17) is 11.6 Å². The summed E-state index contributed by atoms with van der Waals surface area (Å²) >= 11 is 5.57. The Morgan fingerprint density at radius 1 is 1.50 bits per heavy atom. The molecule has 1 heterocycles. The van der Waals surface area contributed by atoms with Gasteiger partial charge in [0.05, 0.1) is 11.9 Å². The number of benzene rings is 1. The molecule has 1 amide bonds. The van der Waals surface area contributed by atoms with Gasteiger partial charge in [-0.2, -0.15) is 15.4 Å². The van der Waals surface area contributed by atoms with E-state index in [1.54, 1.807) is 0 Å². The minimum atomic E-state index is -0.607. The van der Waals surface area contributed by atoms with E-state index in [1.807, 2.05) is 0 Å². The Morgan fingerprint density at radius 2 is 2.31 bits per heavy atom. The van der Waals surface area contributed by atoms with Crippen LogP contribution in [0.1, 0.15) is 10.5 Å². The number of carbonyl (C=O) groups excluding carboxylic acids is 1. The molecule has 2 rings (SSSR count). The number of H-pyrrole nitrogens is 1. The fourth-order valence-corrected chi connectivity index (χ4v) is 1.25. The first-order valence-electron chi connectivity index (χ1n) is 4.29. The Kier molecular flexibility index (Phi) is 2.82. The van der Waals surface area contributed by atoms with Crippen LogP contribution in [-0.4, -0.2) is 21.3 Å². The quantitative estimate of drug-likeness (QED) is 0.842. The summed E-state index contributed by atoms with van der Waals surface area (Å²) in [6.45, 7) is 0. The number of carbonyl (C=O) groups is 1. The van der Waals surface area contributed by atoms with Crippen molar-refractivity contribution in [2.45, 2.75) is 0 Å². The maximum Gasteiger partial charge on any atom is 0.277 e. The summed E-state index contributed by atoms with van der Waals surface area (Å²) in [6.07, 6.45) is 1.24. The number of anilines is 1. The Labute approximate surface area is 94.6 Å². The van der Waals surface area contributed by atoms with Gasteiger partial charge in [-0.15, -0.1) is 0 Å². The average molecular weight is 241 g/mol. The van der Waals surface area contributed by atoms with Crippen LogP contribution in [0.3, 0.4) is 0 Å². The maximum atomic E-state index is 13.3. The Hall–Kier alpha value is -1.95. The molecule has 0 spiro atoms. The number of halogens is 2. The van der Waals surface area contributed by atoms with Crippen LogP contribution in [-0.2, 0) is 0 Å². The molecule has 1 aromatic heterocycles. The number of hydrogen-bond acceptors (Lipinski definition) is 3. The van der Waals surface area contributed by atoms with Gasteiger partial charge in [0.1, 0.15) is 5.82 Å². The number of rotatable bonds is 2. The SMILES string of the molecule is O=C(Nc1ccc(Cl)cc1F)c1cn[nH]n1. The van der Waals surface area contributed by atoms with Crippen LogP contribution < -0.4 is 5.32 Å². The summed E-state index contributed by atoms with van der Waals surface area (Å²) in [5.41, 5.74) is 0.117. The van der Waals surface area contributed by atoms with E-state index in [2.05, 4.69) is 20.7 Å².